The Morgan fingerprint density at radius 2 is 2.36 bits per heavy atom. The Balaban J connectivity index is 3.03. The van der Waals surface area contributed by atoms with Crippen molar-refractivity contribution in [3.05, 3.63) is 17.5 Å². The van der Waals surface area contributed by atoms with Crippen molar-refractivity contribution in [2.45, 2.75) is 13.8 Å². The van der Waals surface area contributed by atoms with Crippen molar-refractivity contribution in [3.8, 4) is 0 Å². The minimum absolute atomic E-state index is 0.0258. The summed E-state index contributed by atoms with van der Waals surface area (Å²) < 4.78 is 1.32. The fraction of sp³-hybridized carbons (Fsp3) is 0.429. The minimum atomic E-state index is -0.183. The van der Waals surface area contributed by atoms with E-state index in [0.29, 0.717) is 0 Å². The summed E-state index contributed by atoms with van der Waals surface area (Å²) in [5.74, 6) is -0.209. The van der Waals surface area contributed by atoms with Crippen LogP contribution in [0.1, 0.15) is 16.2 Å². The van der Waals surface area contributed by atoms with Gasteiger partial charge in [0.05, 0.1) is 5.69 Å². The Morgan fingerprint density at radius 3 is 2.73 bits per heavy atom. The van der Waals surface area contributed by atoms with Gasteiger partial charge >= 0.3 is 0 Å². The van der Waals surface area contributed by atoms with Crippen LogP contribution in [0.2, 0.25) is 0 Å². The minimum Gasteiger partial charge on any atom is -0.271 e. The topological polar surface area (TPSA) is 34.9 Å². The van der Waals surface area contributed by atoms with E-state index in [-0.39, 0.29) is 11.8 Å². The molecular formula is C7H9ClN2O. The maximum Gasteiger partial charge on any atom is 0.261 e. The second-order valence-corrected chi connectivity index (χ2v) is 2.63. The van der Waals surface area contributed by atoms with Gasteiger partial charge in [0.15, 0.2) is 0 Å². The van der Waals surface area contributed by atoms with Crippen LogP contribution in [0.5, 0.6) is 0 Å². The summed E-state index contributed by atoms with van der Waals surface area (Å²) in [5.41, 5.74) is 1.66. The van der Waals surface area contributed by atoms with Crippen LogP contribution in [0, 0.1) is 13.8 Å². The van der Waals surface area contributed by atoms with Crippen LogP contribution in [0.3, 0.4) is 0 Å². The van der Waals surface area contributed by atoms with E-state index in [9.17, 15) is 4.79 Å². The molecule has 0 fully saturated rings. The number of hydrogen-bond acceptors (Lipinski definition) is 2. The molecule has 0 saturated heterocycles. The Kier molecular flexibility index (Phi) is 2.29. The molecule has 0 N–H and O–H groups in total. The Hall–Kier alpha value is -0.830. The lowest BCUT2D eigenvalue weighted by Crippen LogP contribution is -2.14. The predicted octanol–water partition coefficient (Wildman–Crippen LogP) is 1.38. The molecule has 60 valence electrons. The van der Waals surface area contributed by atoms with Gasteiger partial charge in [0, 0.05) is 5.69 Å². The molecule has 0 spiro atoms. The zero-order valence-electron chi connectivity index (χ0n) is 6.47. The van der Waals surface area contributed by atoms with Gasteiger partial charge < -0.3 is 0 Å². The van der Waals surface area contributed by atoms with Crippen molar-refractivity contribution in [1.82, 2.24) is 9.78 Å². The lowest BCUT2D eigenvalue weighted by molar-refractivity contribution is 0.0922. The van der Waals surface area contributed by atoms with Gasteiger partial charge in [0.1, 0.15) is 5.88 Å². The summed E-state index contributed by atoms with van der Waals surface area (Å²) >= 11 is 5.36. The third-order valence-corrected chi connectivity index (χ3v) is 1.59. The first-order valence-corrected chi connectivity index (χ1v) is 3.81. The van der Waals surface area contributed by atoms with Gasteiger partial charge in [-0.05, 0) is 19.9 Å². The molecular weight excluding hydrogens is 164 g/mol. The number of carbonyl (C=O) groups is 1. The van der Waals surface area contributed by atoms with Crippen LogP contribution in [0.15, 0.2) is 6.07 Å². The molecule has 0 unspecified atom stereocenters. The molecule has 0 aliphatic carbocycles. The predicted molar refractivity (Wildman–Crippen MR) is 43.0 cm³/mol. The monoisotopic (exact) mass is 172 g/mol. The third kappa shape index (κ3) is 1.60. The Morgan fingerprint density at radius 1 is 1.73 bits per heavy atom. The Labute approximate surface area is 70.0 Å². The molecule has 0 aliphatic rings. The van der Waals surface area contributed by atoms with Gasteiger partial charge in [0.25, 0.3) is 5.91 Å². The van der Waals surface area contributed by atoms with Crippen LogP contribution in [0.25, 0.3) is 0 Å². The second kappa shape index (κ2) is 3.05. The van der Waals surface area contributed by atoms with Gasteiger partial charge in [-0.1, -0.05) is 0 Å². The van der Waals surface area contributed by atoms with E-state index in [1.54, 1.807) is 0 Å². The molecule has 1 aromatic rings. The highest BCUT2D eigenvalue weighted by atomic mass is 35.5. The number of alkyl halides is 1. The summed E-state index contributed by atoms with van der Waals surface area (Å²) in [7, 11) is 0. The molecule has 4 heteroatoms. The summed E-state index contributed by atoms with van der Waals surface area (Å²) in [6.45, 7) is 3.66. The zero-order valence-corrected chi connectivity index (χ0v) is 7.22. The van der Waals surface area contributed by atoms with E-state index in [1.165, 1.54) is 4.68 Å². The molecule has 0 atom stereocenters. The average molecular weight is 173 g/mol. The number of nitrogens with zero attached hydrogens (tertiary/aromatic N) is 2. The molecule has 1 heterocycles. The maximum absolute atomic E-state index is 11.0. The van der Waals surface area contributed by atoms with Crippen molar-refractivity contribution in [3.63, 3.8) is 0 Å². The fourth-order valence-electron chi connectivity index (χ4n) is 0.938. The van der Waals surface area contributed by atoms with Gasteiger partial charge in [-0.2, -0.15) is 5.10 Å². The number of hydrogen-bond donors (Lipinski definition) is 0. The third-order valence-electron chi connectivity index (χ3n) is 1.36. The SMILES string of the molecule is Cc1cc(C)n(C(=O)CCl)n1. The standard InChI is InChI=1S/C7H9ClN2O/c1-5-3-6(2)10(9-5)7(11)4-8/h3H,4H2,1-2H3. The summed E-state index contributed by atoms with van der Waals surface area (Å²) in [4.78, 5) is 11.0. The molecule has 1 rings (SSSR count). The number of carbonyl (C=O) groups excluding carboxylic acids is 1. The molecule has 1 aromatic heterocycles. The summed E-state index contributed by atoms with van der Waals surface area (Å²) in [5, 5.41) is 3.96. The second-order valence-electron chi connectivity index (χ2n) is 2.37. The van der Waals surface area contributed by atoms with Crippen LogP contribution in [0.4, 0.5) is 0 Å². The molecule has 3 nitrogen and oxygen atoms in total. The maximum atomic E-state index is 11.0. The molecule has 11 heavy (non-hydrogen) atoms. The molecule has 0 bridgehead atoms. The van der Waals surface area contributed by atoms with E-state index >= 15 is 0 Å². The van der Waals surface area contributed by atoms with Gasteiger partial charge in [-0.25, -0.2) is 4.68 Å². The quantitative estimate of drug-likeness (QED) is 0.600. The average Bonchev–Trinajstić information content (AvgIpc) is 2.28. The van der Waals surface area contributed by atoms with E-state index in [0.717, 1.165) is 11.4 Å². The summed E-state index contributed by atoms with van der Waals surface area (Å²) in [6.07, 6.45) is 0. The molecule has 0 saturated carbocycles. The number of aromatic nitrogens is 2. The van der Waals surface area contributed by atoms with E-state index in [1.807, 2.05) is 19.9 Å². The largest absolute Gasteiger partial charge is 0.271 e. The molecule has 0 aromatic carbocycles. The zero-order chi connectivity index (χ0) is 8.43. The molecule has 0 amide bonds. The van der Waals surface area contributed by atoms with E-state index < -0.39 is 0 Å². The number of halogens is 1. The Bertz CT molecular complexity index is 280. The molecule has 0 aliphatic heterocycles. The van der Waals surface area contributed by atoms with E-state index in [4.69, 9.17) is 11.6 Å². The van der Waals surface area contributed by atoms with Crippen LogP contribution >= 0.6 is 11.6 Å². The van der Waals surface area contributed by atoms with Crippen LogP contribution < -0.4 is 0 Å². The summed E-state index contributed by atoms with van der Waals surface area (Å²) in [6, 6.07) is 1.84. The first-order valence-electron chi connectivity index (χ1n) is 3.27. The highest BCUT2D eigenvalue weighted by Gasteiger charge is 2.07. The van der Waals surface area contributed by atoms with Gasteiger partial charge in [-0.15, -0.1) is 11.6 Å². The van der Waals surface area contributed by atoms with Gasteiger partial charge in [0.2, 0.25) is 0 Å². The van der Waals surface area contributed by atoms with Crippen molar-refractivity contribution >= 4 is 17.5 Å². The van der Waals surface area contributed by atoms with Crippen LogP contribution in [-0.2, 0) is 0 Å². The highest BCUT2D eigenvalue weighted by Crippen LogP contribution is 2.01. The lowest BCUT2D eigenvalue weighted by atomic mass is 10.4. The first kappa shape index (κ1) is 8.27. The highest BCUT2D eigenvalue weighted by molar-refractivity contribution is 6.27. The first-order chi connectivity index (χ1) is 5.15. The van der Waals surface area contributed by atoms with Crippen molar-refractivity contribution in [2.24, 2.45) is 0 Å². The van der Waals surface area contributed by atoms with Crippen molar-refractivity contribution in [2.75, 3.05) is 5.88 Å². The van der Waals surface area contributed by atoms with Crippen molar-refractivity contribution < 1.29 is 4.79 Å². The number of aryl methyl sites for hydroxylation is 2. The number of rotatable bonds is 1. The fourth-order valence-corrected chi connectivity index (χ4v) is 1.05. The van der Waals surface area contributed by atoms with E-state index in [2.05, 4.69) is 5.10 Å². The lowest BCUT2D eigenvalue weighted by Gasteiger charge is -1.96. The molecule has 0 radical (unpaired) electrons. The smallest absolute Gasteiger partial charge is 0.261 e. The normalized spacial score (nSPS) is 10.1. The van der Waals surface area contributed by atoms with Crippen molar-refractivity contribution in [1.29, 1.82) is 0 Å². The van der Waals surface area contributed by atoms with Crippen LogP contribution in [-0.4, -0.2) is 21.6 Å². The van der Waals surface area contributed by atoms with Gasteiger partial charge in [-0.3, -0.25) is 4.79 Å².